The molecule has 0 spiro atoms. The topological polar surface area (TPSA) is 37.8 Å². The molecule has 1 heterocycles. The third kappa shape index (κ3) is 2.62. The molecule has 0 aliphatic carbocycles. The van der Waals surface area contributed by atoms with Crippen molar-refractivity contribution in [2.75, 3.05) is 7.05 Å². The van der Waals surface area contributed by atoms with Gasteiger partial charge < -0.3 is 5.32 Å². The SMILES string of the molecule is CNC(C)c1ccc(-c2cnccn2)cc1Cl. The lowest BCUT2D eigenvalue weighted by atomic mass is 10.0. The Kier molecular flexibility index (Phi) is 3.71. The number of hydrogen-bond donors (Lipinski definition) is 1. The summed E-state index contributed by atoms with van der Waals surface area (Å²) in [6, 6.07) is 6.19. The maximum absolute atomic E-state index is 6.26. The Bertz CT molecular complexity index is 499. The Labute approximate surface area is 106 Å². The van der Waals surface area contributed by atoms with Crippen LogP contribution >= 0.6 is 11.6 Å². The van der Waals surface area contributed by atoms with E-state index in [-0.39, 0.29) is 6.04 Å². The Morgan fingerprint density at radius 3 is 2.71 bits per heavy atom. The summed E-state index contributed by atoms with van der Waals surface area (Å²) < 4.78 is 0. The third-order valence-corrected chi connectivity index (χ3v) is 3.09. The third-order valence-electron chi connectivity index (χ3n) is 2.76. The van der Waals surface area contributed by atoms with Crippen LogP contribution < -0.4 is 5.32 Å². The van der Waals surface area contributed by atoms with E-state index in [9.17, 15) is 0 Å². The summed E-state index contributed by atoms with van der Waals surface area (Å²) >= 11 is 6.26. The first kappa shape index (κ1) is 12.0. The van der Waals surface area contributed by atoms with Crippen molar-refractivity contribution in [3.8, 4) is 11.3 Å². The van der Waals surface area contributed by atoms with Gasteiger partial charge in [-0.2, -0.15) is 0 Å². The number of nitrogens with one attached hydrogen (secondary N) is 1. The first-order valence-electron chi connectivity index (χ1n) is 5.45. The molecule has 0 amide bonds. The van der Waals surface area contributed by atoms with Crippen LogP contribution in [0.3, 0.4) is 0 Å². The van der Waals surface area contributed by atoms with Crippen LogP contribution in [0, 0.1) is 0 Å². The first-order chi connectivity index (χ1) is 8.22. The Morgan fingerprint density at radius 2 is 2.12 bits per heavy atom. The van der Waals surface area contributed by atoms with Crippen LogP contribution in [0.2, 0.25) is 5.02 Å². The predicted octanol–water partition coefficient (Wildman–Crippen LogP) is 3.08. The molecule has 88 valence electrons. The van der Waals surface area contributed by atoms with Gasteiger partial charge >= 0.3 is 0 Å². The van der Waals surface area contributed by atoms with Crippen molar-refractivity contribution in [3.05, 3.63) is 47.4 Å². The molecule has 0 fully saturated rings. The highest BCUT2D eigenvalue weighted by atomic mass is 35.5. The molecule has 1 aromatic heterocycles. The number of aromatic nitrogens is 2. The van der Waals surface area contributed by atoms with Crippen LogP contribution in [0.15, 0.2) is 36.8 Å². The van der Waals surface area contributed by atoms with Crippen molar-refractivity contribution in [2.45, 2.75) is 13.0 Å². The zero-order chi connectivity index (χ0) is 12.3. The van der Waals surface area contributed by atoms with E-state index in [1.54, 1.807) is 18.6 Å². The first-order valence-corrected chi connectivity index (χ1v) is 5.83. The summed E-state index contributed by atoms with van der Waals surface area (Å²) in [5.74, 6) is 0. The molecular formula is C13H14ClN3. The van der Waals surface area contributed by atoms with Crippen molar-refractivity contribution in [1.82, 2.24) is 15.3 Å². The maximum Gasteiger partial charge on any atom is 0.0885 e. The second-order valence-corrected chi connectivity index (χ2v) is 4.24. The van der Waals surface area contributed by atoms with Crippen LogP contribution in [-0.4, -0.2) is 17.0 Å². The number of benzene rings is 1. The average molecular weight is 248 g/mol. The second-order valence-electron chi connectivity index (χ2n) is 3.84. The molecule has 4 heteroatoms. The number of nitrogens with zero attached hydrogens (tertiary/aromatic N) is 2. The maximum atomic E-state index is 6.26. The van der Waals surface area contributed by atoms with Gasteiger partial charge in [-0.15, -0.1) is 0 Å². The minimum atomic E-state index is 0.235. The molecule has 0 saturated heterocycles. The van der Waals surface area contributed by atoms with Crippen molar-refractivity contribution >= 4 is 11.6 Å². The van der Waals surface area contributed by atoms with Crippen LogP contribution in [0.1, 0.15) is 18.5 Å². The summed E-state index contributed by atoms with van der Waals surface area (Å²) in [7, 11) is 1.91. The van der Waals surface area contributed by atoms with Gasteiger partial charge in [0.05, 0.1) is 11.9 Å². The molecule has 0 radical (unpaired) electrons. The summed E-state index contributed by atoms with van der Waals surface area (Å²) in [6.45, 7) is 2.07. The highest BCUT2D eigenvalue weighted by Gasteiger charge is 2.09. The molecule has 1 atom stereocenters. The van der Waals surface area contributed by atoms with Crippen LogP contribution in [-0.2, 0) is 0 Å². The summed E-state index contributed by atoms with van der Waals surface area (Å²) in [6.07, 6.45) is 5.06. The van der Waals surface area contributed by atoms with E-state index in [1.807, 2.05) is 25.2 Å². The van der Waals surface area contributed by atoms with Gasteiger partial charge in [0, 0.05) is 29.0 Å². The van der Waals surface area contributed by atoms with Gasteiger partial charge in [-0.25, -0.2) is 0 Å². The van der Waals surface area contributed by atoms with E-state index < -0.39 is 0 Å². The lowest BCUT2D eigenvalue weighted by Crippen LogP contribution is -2.12. The van der Waals surface area contributed by atoms with Gasteiger partial charge in [0.25, 0.3) is 0 Å². The molecule has 17 heavy (non-hydrogen) atoms. The zero-order valence-electron chi connectivity index (χ0n) is 9.81. The van der Waals surface area contributed by atoms with Crippen LogP contribution in [0.25, 0.3) is 11.3 Å². The summed E-state index contributed by atoms with van der Waals surface area (Å²) in [5, 5.41) is 3.91. The van der Waals surface area contributed by atoms with Gasteiger partial charge in [0.2, 0.25) is 0 Å². The fraction of sp³-hybridized carbons (Fsp3) is 0.231. The predicted molar refractivity (Wildman–Crippen MR) is 70.0 cm³/mol. The fourth-order valence-electron chi connectivity index (χ4n) is 1.64. The number of halogens is 1. The molecule has 1 aromatic carbocycles. The molecule has 3 nitrogen and oxygen atoms in total. The average Bonchev–Trinajstić information content (AvgIpc) is 2.39. The minimum Gasteiger partial charge on any atom is -0.313 e. The highest BCUT2D eigenvalue weighted by Crippen LogP contribution is 2.27. The molecule has 0 aliphatic heterocycles. The molecule has 0 saturated carbocycles. The van der Waals surface area contributed by atoms with Gasteiger partial charge in [-0.05, 0) is 25.6 Å². The standard InChI is InChI=1S/C13H14ClN3/c1-9(15-2)11-4-3-10(7-12(11)14)13-8-16-5-6-17-13/h3-9,15H,1-2H3. The van der Waals surface area contributed by atoms with Gasteiger partial charge in [-0.1, -0.05) is 23.7 Å². The smallest absolute Gasteiger partial charge is 0.0885 e. The summed E-state index contributed by atoms with van der Waals surface area (Å²) in [4.78, 5) is 8.29. The van der Waals surface area contributed by atoms with E-state index in [0.717, 1.165) is 21.8 Å². The quantitative estimate of drug-likeness (QED) is 0.906. The lowest BCUT2D eigenvalue weighted by Gasteiger charge is -2.13. The Morgan fingerprint density at radius 1 is 1.29 bits per heavy atom. The molecule has 0 aliphatic rings. The molecule has 0 bridgehead atoms. The van der Waals surface area contributed by atoms with E-state index in [4.69, 9.17) is 11.6 Å². The largest absolute Gasteiger partial charge is 0.313 e. The minimum absolute atomic E-state index is 0.235. The molecule has 1 unspecified atom stereocenters. The van der Waals surface area contributed by atoms with Crippen molar-refractivity contribution in [1.29, 1.82) is 0 Å². The number of rotatable bonds is 3. The van der Waals surface area contributed by atoms with Crippen molar-refractivity contribution in [2.24, 2.45) is 0 Å². The summed E-state index contributed by atoms with van der Waals surface area (Å²) in [5.41, 5.74) is 2.90. The van der Waals surface area contributed by atoms with E-state index in [2.05, 4.69) is 22.2 Å². The van der Waals surface area contributed by atoms with Gasteiger partial charge in [0.15, 0.2) is 0 Å². The number of hydrogen-bond acceptors (Lipinski definition) is 3. The fourth-order valence-corrected chi connectivity index (χ4v) is 1.99. The van der Waals surface area contributed by atoms with E-state index >= 15 is 0 Å². The Balaban J connectivity index is 2.38. The van der Waals surface area contributed by atoms with Crippen molar-refractivity contribution < 1.29 is 0 Å². The zero-order valence-corrected chi connectivity index (χ0v) is 10.6. The molecule has 1 N–H and O–H groups in total. The van der Waals surface area contributed by atoms with Gasteiger partial charge in [0.1, 0.15) is 0 Å². The Hall–Kier alpha value is -1.45. The highest BCUT2D eigenvalue weighted by molar-refractivity contribution is 6.31. The van der Waals surface area contributed by atoms with E-state index in [0.29, 0.717) is 0 Å². The molecular weight excluding hydrogens is 234 g/mol. The van der Waals surface area contributed by atoms with Crippen LogP contribution in [0.4, 0.5) is 0 Å². The van der Waals surface area contributed by atoms with Gasteiger partial charge in [-0.3, -0.25) is 9.97 Å². The molecule has 2 aromatic rings. The normalized spacial score (nSPS) is 12.4. The second kappa shape index (κ2) is 5.25. The monoisotopic (exact) mass is 247 g/mol. The van der Waals surface area contributed by atoms with E-state index in [1.165, 1.54) is 0 Å². The van der Waals surface area contributed by atoms with Crippen LogP contribution in [0.5, 0.6) is 0 Å². The van der Waals surface area contributed by atoms with Crippen molar-refractivity contribution in [3.63, 3.8) is 0 Å². The lowest BCUT2D eigenvalue weighted by molar-refractivity contribution is 0.652. The molecule has 2 rings (SSSR count).